The Balaban J connectivity index is 1.44. The zero-order chi connectivity index (χ0) is 19.3. The van der Waals surface area contributed by atoms with Crippen LogP contribution in [0.15, 0.2) is 66.9 Å². The van der Waals surface area contributed by atoms with Crippen LogP contribution in [0.5, 0.6) is 0 Å². The number of fused-ring (bicyclic) bond motifs is 2. The van der Waals surface area contributed by atoms with Gasteiger partial charge >= 0.3 is 0 Å². The van der Waals surface area contributed by atoms with Gasteiger partial charge in [-0.05, 0) is 62.1 Å². The maximum absolute atomic E-state index is 13.2. The Morgan fingerprint density at radius 2 is 1.50 bits per heavy atom. The van der Waals surface area contributed by atoms with Crippen molar-refractivity contribution in [2.45, 2.75) is 38.8 Å². The quantitative estimate of drug-likeness (QED) is 0.654. The molecule has 5 rings (SSSR count). The third-order valence-electron chi connectivity index (χ3n) is 5.87. The van der Waals surface area contributed by atoms with Gasteiger partial charge in [-0.15, -0.1) is 0 Å². The van der Waals surface area contributed by atoms with Crippen molar-refractivity contribution in [1.29, 1.82) is 0 Å². The van der Waals surface area contributed by atoms with E-state index in [4.69, 9.17) is 0 Å². The molecular formula is C24H23N3O. The van der Waals surface area contributed by atoms with Crippen LogP contribution in [0.2, 0.25) is 0 Å². The molecule has 0 fully saturated rings. The number of hydrogen-bond donors (Lipinski definition) is 0. The minimum Gasteiger partial charge on any atom is -0.323 e. The first-order valence-electron chi connectivity index (χ1n) is 9.88. The molecule has 140 valence electrons. The summed E-state index contributed by atoms with van der Waals surface area (Å²) >= 11 is 0. The molecule has 0 N–H and O–H groups in total. The maximum Gasteiger partial charge on any atom is 0.260 e. The number of hydrogen-bond acceptors (Lipinski definition) is 3. The molecule has 2 aliphatic rings. The molecule has 0 saturated carbocycles. The van der Waals surface area contributed by atoms with Crippen LogP contribution in [0.1, 0.15) is 35.3 Å². The Bertz CT molecular complexity index is 1040. The van der Waals surface area contributed by atoms with Crippen LogP contribution in [0.25, 0.3) is 0 Å². The van der Waals surface area contributed by atoms with E-state index in [1.165, 1.54) is 16.8 Å². The van der Waals surface area contributed by atoms with Gasteiger partial charge in [0.15, 0.2) is 0 Å². The van der Waals surface area contributed by atoms with E-state index in [1.807, 2.05) is 35.2 Å². The van der Waals surface area contributed by atoms with Gasteiger partial charge in [-0.3, -0.25) is 4.79 Å². The summed E-state index contributed by atoms with van der Waals surface area (Å²) in [6.07, 6.45) is 3.63. The lowest BCUT2D eigenvalue weighted by molar-refractivity contribution is 0.0981. The van der Waals surface area contributed by atoms with Gasteiger partial charge in [-0.25, -0.2) is 4.98 Å². The summed E-state index contributed by atoms with van der Waals surface area (Å²) in [5.74, 6) is 0.912. The van der Waals surface area contributed by atoms with Crippen molar-refractivity contribution in [3.8, 4) is 0 Å². The first kappa shape index (κ1) is 17.0. The zero-order valence-corrected chi connectivity index (χ0v) is 16.2. The molecule has 28 heavy (non-hydrogen) atoms. The van der Waals surface area contributed by atoms with Gasteiger partial charge < -0.3 is 9.80 Å². The number of rotatable bonds is 2. The number of amides is 1. The molecule has 3 aromatic rings. The van der Waals surface area contributed by atoms with E-state index >= 15 is 0 Å². The average molecular weight is 369 g/mol. The predicted molar refractivity (Wildman–Crippen MR) is 112 cm³/mol. The fourth-order valence-electron chi connectivity index (χ4n) is 4.58. The summed E-state index contributed by atoms with van der Waals surface area (Å²) in [7, 11) is 0. The van der Waals surface area contributed by atoms with Crippen molar-refractivity contribution >= 4 is 23.1 Å². The molecule has 2 aliphatic heterocycles. The van der Waals surface area contributed by atoms with E-state index < -0.39 is 0 Å². The molecule has 0 aliphatic carbocycles. The number of para-hydroxylation sites is 2. The van der Waals surface area contributed by atoms with Crippen molar-refractivity contribution in [1.82, 2.24) is 4.98 Å². The van der Waals surface area contributed by atoms with Gasteiger partial charge in [0.25, 0.3) is 5.91 Å². The molecule has 2 aromatic carbocycles. The number of pyridine rings is 1. The minimum atomic E-state index is 0.0198. The zero-order valence-electron chi connectivity index (χ0n) is 16.2. The van der Waals surface area contributed by atoms with Crippen molar-refractivity contribution in [2.24, 2.45) is 0 Å². The molecule has 3 heterocycles. The molecule has 1 aromatic heterocycles. The Morgan fingerprint density at radius 3 is 2.21 bits per heavy atom. The summed E-state index contributed by atoms with van der Waals surface area (Å²) < 4.78 is 0. The van der Waals surface area contributed by atoms with Crippen LogP contribution in [0, 0.1) is 0 Å². The number of carbonyl (C=O) groups is 1. The van der Waals surface area contributed by atoms with Crippen molar-refractivity contribution in [3.05, 3.63) is 83.6 Å². The number of aromatic nitrogens is 1. The Hall–Kier alpha value is -3.14. The van der Waals surface area contributed by atoms with Gasteiger partial charge in [0.05, 0.1) is 5.56 Å². The number of benzene rings is 2. The normalized spacial score (nSPS) is 20.2. The second-order valence-corrected chi connectivity index (χ2v) is 7.81. The second kappa shape index (κ2) is 6.48. The van der Waals surface area contributed by atoms with Crippen LogP contribution in [-0.4, -0.2) is 23.0 Å². The third-order valence-corrected chi connectivity index (χ3v) is 5.87. The number of carbonyl (C=O) groups excluding carboxylic acids is 1. The van der Waals surface area contributed by atoms with E-state index in [1.54, 1.807) is 6.20 Å². The van der Waals surface area contributed by atoms with E-state index in [0.717, 1.165) is 24.3 Å². The minimum absolute atomic E-state index is 0.0198. The van der Waals surface area contributed by atoms with Crippen molar-refractivity contribution < 1.29 is 4.79 Å². The van der Waals surface area contributed by atoms with E-state index in [0.29, 0.717) is 11.6 Å². The van der Waals surface area contributed by atoms with Crippen LogP contribution in [0.4, 0.5) is 17.2 Å². The molecule has 4 nitrogen and oxygen atoms in total. The van der Waals surface area contributed by atoms with Gasteiger partial charge in [0, 0.05) is 29.7 Å². The molecule has 2 unspecified atom stereocenters. The highest BCUT2D eigenvalue weighted by atomic mass is 16.2. The highest BCUT2D eigenvalue weighted by Crippen LogP contribution is 2.37. The van der Waals surface area contributed by atoms with E-state index in [2.05, 4.69) is 54.1 Å². The molecule has 0 spiro atoms. The summed E-state index contributed by atoms with van der Waals surface area (Å²) in [6, 6.07) is 21.0. The van der Waals surface area contributed by atoms with Crippen LogP contribution < -0.4 is 9.80 Å². The highest BCUT2D eigenvalue weighted by Gasteiger charge is 2.32. The average Bonchev–Trinajstić information content (AvgIpc) is 3.22. The van der Waals surface area contributed by atoms with Crippen LogP contribution in [-0.2, 0) is 12.8 Å². The lowest BCUT2D eigenvalue weighted by Gasteiger charge is -2.25. The number of anilines is 3. The van der Waals surface area contributed by atoms with Gasteiger partial charge in [-0.1, -0.05) is 36.4 Å². The highest BCUT2D eigenvalue weighted by molar-refractivity contribution is 6.07. The summed E-state index contributed by atoms with van der Waals surface area (Å²) in [5, 5.41) is 0. The third kappa shape index (κ3) is 2.60. The molecule has 2 atom stereocenters. The summed E-state index contributed by atoms with van der Waals surface area (Å²) in [6.45, 7) is 4.31. The molecule has 1 amide bonds. The lowest BCUT2D eigenvalue weighted by atomic mass is 10.1. The topological polar surface area (TPSA) is 36.4 Å². The number of nitrogens with zero attached hydrogens (tertiary/aromatic N) is 3. The smallest absolute Gasteiger partial charge is 0.260 e. The molecule has 4 heteroatoms. The maximum atomic E-state index is 13.2. The fourth-order valence-corrected chi connectivity index (χ4v) is 4.58. The SMILES string of the molecule is CC1Cc2ccccc2N1C(=O)c1ccc(N2c3ccccc3CC2C)nc1. The molecular weight excluding hydrogens is 346 g/mol. The largest absolute Gasteiger partial charge is 0.323 e. The summed E-state index contributed by atoms with van der Waals surface area (Å²) in [4.78, 5) is 22.0. The molecule has 0 saturated heterocycles. The van der Waals surface area contributed by atoms with E-state index in [-0.39, 0.29) is 11.9 Å². The second-order valence-electron chi connectivity index (χ2n) is 7.81. The standard InChI is InChI=1S/C24H23N3O/c1-16-13-18-7-3-5-9-21(18)26(16)23-12-11-20(15-25-23)24(28)27-17(2)14-19-8-4-6-10-22(19)27/h3-12,15-17H,13-14H2,1-2H3. The van der Waals surface area contributed by atoms with Crippen molar-refractivity contribution in [3.63, 3.8) is 0 Å². The Labute approximate surface area is 165 Å². The van der Waals surface area contributed by atoms with Gasteiger partial charge in [0.1, 0.15) is 5.82 Å². The monoisotopic (exact) mass is 369 g/mol. The fraction of sp³-hybridized carbons (Fsp3) is 0.250. The molecule has 0 bridgehead atoms. The first-order chi connectivity index (χ1) is 13.6. The Kier molecular flexibility index (Phi) is 3.93. The summed E-state index contributed by atoms with van der Waals surface area (Å²) in [5.41, 5.74) is 5.44. The van der Waals surface area contributed by atoms with Crippen LogP contribution in [0.3, 0.4) is 0 Å². The first-order valence-corrected chi connectivity index (χ1v) is 9.88. The van der Waals surface area contributed by atoms with Crippen LogP contribution >= 0.6 is 0 Å². The predicted octanol–water partition coefficient (Wildman–Crippen LogP) is 4.76. The lowest BCUT2D eigenvalue weighted by Crippen LogP contribution is -2.35. The van der Waals surface area contributed by atoms with Crippen molar-refractivity contribution in [2.75, 3.05) is 9.80 Å². The van der Waals surface area contributed by atoms with E-state index in [9.17, 15) is 4.79 Å². The van der Waals surface area contributed by atoms with Gasteiger partial charge in [0.2, 0.25) is 0 Å². The Morgan fingerprint density at radius 1 is 0.857 bits per heavy atom. The van der Waals surface area contributed by atoms with Gasteiger partial charge in [-0.2, -0.15) is 0 Å². The molecule has 0 radical (unpaired) electrons.